The second kappa shape index (κ2) is 6.83. The largest absolute Gasteiger partial charge is 0.353 e. The Hall–Kier alpha value is -3.22. The summed E-state index contributed by atoms with van der Waals surface area (Å²) in [5, 5.41) is 0. The molecule has 0 N–H and O–H groups in total. The van der Waals surface area contributed by atoms with Crippen LogP contribution in [0.4, 0.5) is 5.82 Å². The van der Waals surface area contributed by atoms with Gasteiger partial charge in [-0.1, -0.05) is 18.2 Å². The molecule has 0 radical (unpaired) electrons. The molecule has 1 atom stereocenters. The number of anilines is 1. The quantitative estimate of drug-likeness (QED) is 0.770. The van der Waals surface area contributed by atoms with Crippen molar-refractivity contribution in [2.45, 2.75) is 13.0 Å². The first-order valence-electron chi connectivity index (χ1n) is 8.99. The van der Waals surface area contributed by atoms with Crippen molar-refractivity contribution in [1.82, 2.24) is 14.8 Å². The monoisotopic (exact) mass is 364 g/mol. The van der Waals surface area contributed by atoms with E-state index >= 15 is 0 Å². The van der Waals surface area contributed by atoms with E-state index in [4.69, 9.17) is 0 Å². The summed E-state index contributed by atoms with van der Waals surface area (Å²) in [7, 11) is 0. The number of benzene rings is 1. The zero-order valence-electron chi connectivity index (χ0n) is 15.0. The summed E-state index contributed by atoms with van der Waals surface area (Å²) in [5.74, 6) is -0.115. The molecule has 0 saturated carbocycles. The summed E-state index contributed by atoms with van der Waals surface area (Å²) in [4.78, 5) is 47.4. The highest BCUT2D eigenvalue weighted by atomic mass is 16.2. The maximum Gasteiger partial charge on any atom is 0.262 e. The Kier molecular flexibility index (Phi) is 4.35. The molecular weight excluding hydrogens is 344 g/mol. The van der Waals surface area contributed by atoms with Gasteiger partial charge in [0.05, 0.1) is 11.1 Å². The van der Waals surface area contributed by atoms with E-state index < -0.39 is 17.9 Å². The van der Waals surface area contributed by atoms with Crippen LogP contribution in [0.25, 0.3) is 0 Å². The first-order chi connectivity index (χ1) is 13.1. The number of fused-ring (bicyclic) bond motifs is 1. The second-order valence-corrected chi connectivity index (χ2v) is 6.70. The molecule has 0 spiro atoms. The van der Waals surface area contributed by atoms with Crippen molar-refractivity contribution in [2.24, 2.45) is 0 Å². The van der Waals surface area contributed by atoms with Crippen LogP contribution in [0.2, 0.25) is 0 Å². The fourth-order valence-corrected chi connectivity index (χ4v) is 3.63. The van der Waals surface area contributed by atoms with Crippen molar-refractivity contribution in [3.63, 3.8) is 0 Å². The molecule has 2 aliphatic rings. The Morgan fingerprint density at radius 3 is 2.07 bits per heavy atom. The fourth-order valence-electron chi connectivity index (χ4n) is 3.63. The number of aromatic nitrogens is 1. The Morgan fingerprint density at radius 2 is 1.52 bits per heavy atom. The minimum absolute atomic E-state index is 0.204. The molecule has 0 unspecified atom stereocenters. The summed E-state index contributed by atoms with van der Waals surface area (Å²) >= 11 is 0. The number of carbonyl (C=O) groups is 3. The van der Waals surface area contributed by atoms with E-state index in [0.717, 1.165) is 10.7 Å². The molecular formula is C20H20N4O3. The third-order valence-corrected chi connectivity index (χ3v) is 5.13. The Labute approximate surface area is 157 Å². The third-order valence-electron chi connectivity index (χ3n) is 5.13. The van der Waals surface area contributed by atoms with E-state index in [9.17, 15) is 14.4 Å². The van der Waals surface area contributed by atoms with E-state index in [1.54, 1.807) is 42.3 Å². The van der Waals surface area contributed by atoms with Crippen molar-refractivity contribution in [3.05, 3.63) is 59.8 Å². The maximum absolute atomic E-state index is 12.9. The van der Waals surface area contributed by atoms with Gasteiger partial charge in [0.1, 0.15) is 11.9 Å². The number of rotatable bonds is 3. The van der Waals surface area contributed by atoms with Crippen LogP contribution < -0.4 is 4.90 Å². The molecule has 3 amide bonds. The summed E-state index contributed by atoms with van der Waals surface area (Å²) in [6, 6.07) is 11.6. The van der Waals surface area contributed by atoms with Gasteiger partial charge in [-0.05, 0) is 31.2 Å². The smallest absolute Gasteiger partial charge is 0.262 e. The van der Waals surface area contributed by atoms with Gasteiger partial charge < -0.3 is 9.80 Å². The van der Waals surface area contributed by atoms with Gasteiger partial charge in [0, 0.05) is 32.4 Å². The lowest BCUT2D eigenvalue weighted by Gasteiger charge is -2.37. The number of pyridine rings is 1. The van der Waals surface area contributed by atoms with Crippen molar-refractivity contribution >= 4 is 23.5 Å². The molecule has 3 heterocycles. The zero-order chi connectivity index (χ0) is 19.0. The van der Waals surface area contributed by atoms with Crippen molar-refractivity contribution in [2.75, 3.05) is 31.1 Å². The average Bonchev–Trinajstić information content (AvgIpc) is 2.98. The van der Waals surface area contributed by atoms with Gasteiger partial charge in [0.15, 0.2) is 0 Å². The lowest BCUT2D eigenvalue weighted by molar-refractivity contribution is -0.135. The van der Waals surface area contributed by atoms with E-state index in [1.807, 2.05) is 18.2 Å². The van der Waals surface area contributed by atoms with E-state index in [-0.39, 0.29) is 5.91 Å². The van der Waals surface area contributed by atoms with E-state index in [2.05, 4.69) is 9.88 Å². The number of hydrogen-bond acceptors (Lipinski definition) is 5. The fraction of sp³-hybridized carbons (Fsp3) is 0.300. The number of carbonyl (C=O) groups excluding carboxylic acids is 3. The molecule has 1 saturated heterocycles. The Bertz CT molecular complexity index is 856. The molecule has 4 rings (SSSR count). The van der Waals surface area contributed by atoms with Crippen LogP contribution in [0.5, 0.6) is 0 Å². The third kappa shape index (κ3) is 2.95. The van der Waals surface area contributed by atoms with Gasteiger partial charge in [-0.2, -0.15) is 0 Å². The van der Waals surface area contributed by atoms with Gasteiger partial charge in [-0.15, -0.1) is 0 Å². The van der Waals surface area contributed by atoms with Gasteiger partial charge >= 0.3 is 0 Å². The topological polar surface area (TPSA) is 73.8 Å². The molecule has 1 aromatic heterocycles. The predicted octanol–water partition coefficient (Wildman–Crippen LogP) is 1.41. The number of amides is 3. The lowest BCUT2D eigenvalue weighted by atomic mass is 10.1. The first kappa shape index (κ1) is 17.2. The summed E-state index contributed by atoms with van der Waals surface area (Å²) in [6.07, 6.45) is 1.75. The normalized spacial score (nSPS) is 17.9. The van der Waals surface area contributed by atoms with Crippen LogP contribution in [0.1, 0.15) is 27.6 Å². The van der Waals surface area contributed by atoms with Crippen LogP contribution in [-0.4, -0.2) is 64.7 Å². The molecule has 1 fully saturated rings. The average molecular weight is 364 g/mol. The number of imide groups is 1. The van der Waals surface area contributed by atoms with Crippen LogP contribution in [0.15, 0.2) is 48.7 Å². The zero-order valence-corrected chi connectivity index (χ0v) is 15.0. The highest BCUT2D eigenvalue weighted by Crippen LogP contribution is 2.25. The highest BCUT2D eigenvalue weighted by Gasteiger charge is 2.42. The molecule has 0 bridgehead atoms. The Morgan fingerprint density at radius 1 is 0.926 bits per heavy atom. The Balaban J connectivity index is 1.44. The number of hydrogen-bond donors (Lipinski definition) is 0. The van der Waals surface area contributed by atoms with Gasteiger partial charge in [-0.3, -0.25) is 19.3 Å². The van der Waals surface area contributed by atoms with Crippen LogP contribution in [-0.2, 0) is 4.79 Å². The van der Waals surface area contributed by atoms with Crippen molar-refractivity contribution < 1.29 is 14.4 Å². The standard InChI is InChI=1S/C20H20N4O3/c1-14(24-19(26)15-6-2-3-7-16(15)20(24)27)18(25)23-12-10-22(11-13-23)17-8-4-5-9-21-17/h2-9,14H,10-13H2,1H3/t14-/m0/s1. The second-order valence-electron chi connectivity index (χ2n) is 6.70. The van der Waals surface area contributed by atoms with Crippen molar-refractivity contribution in [3.8, 4) is 0 Å². The molecule has 1 aromatic carbocycles. The van der Waals surface area contributed by atoms with Gasteiger partial charge in [0.2, 0.25) is 5.91 Å². The maximum atomic E-state index is 12.9. The molecule has 2 aromatic rings. The summed E-state index contributed by atoms with van der Waals surface area (Å²) < 4.78 is 0. The van der Waals surface area contributed by atoms with Gasteiger partial charge in [-0.25, -0.2) is 4.98 Å². The SMILES string of the molecule is C[C@@H](C(=O)N1CCN(c2ccccn2)CC1)N1C(=O)c2ccccc2C1=O. The number of piperazine rings is 1. The molecule has 27 heavy (non-hydrogen) atoms. The van der Waals surface area contributed by atoms with E-state index in [1.165, 1.54) is 0 Å². The van der Waals surface area contributed by atoms with Crippen LogP contribution in [0, 0.1) is 0 Å². The van der Waals surface area contributed by atoms with Crippen molar-refractivity contribution in [1.29, 1.82) is 0 Å². The predicted molar refractivity (Wildman–Crippen MR) is 99.4 cm³/mol. The summed E-state index contributed by atoms with van der Waals surface area (Å²) in [5.41, 5.74) is 0.726. The highest BCUT2D eigenvalue weighted by molar-refractivity contribution is 6.22. The van der Waals surface area contributed by atoms with Crippen LogP contribution >= 0.6 is 0 Å². The molecule has 7 nitrogen and oxygen atoms in total. The number of nitrogens with zero attached hydrogens (tertiary/aromatic N) is 4. The minimum atomic E-state index is -0.821. The molecule has 7 heteroatoms. The van der Waals surface area contributed by atoms with E-state index in [0.29, 0.717) is 37.3 Å². The van der Waals surface area contributed by atoms with Gasteiger partial charge in [0.25, 0.3) is 11.8 Å². The molecule has 2 aliphatic heterocycles. The lowest BCUT2D eigenvalue weighted by Crippen LogP contribution is -2.55. The first-order valence-corrected chi connectivity index (χ1v) is 8.99. The molecule has 138 valence electrons. The molecule has 0 aliphatic carbocycles. The summed E-state index contributed by atoms with van der Waals surface area (Å²) in [6.45, 7) is 4.01. The minimum Gasteiger partial charge on any atom is -0.353 e. The van der Waals surface area contributed by atoms with Crippen LogP contribution in [0.3, 0.4) is 0 Å².